The van der Waals surface area contributed by atoms with Gasteiger partial charge in [0.25, 0.3) is 0 Å². The van der Waals surface area contributed by atoms with Crippen molar-refractivity contribution in [3.63, 3.8) is 0 Å². The molecule has 0 saturated heterocycles. The van der Waals surface area contributed by atoms with Crippen molar-refractivity contribution in [1.82, 2.24) is 0 Å². The maximum atomic E-state index is 11.9. The third kappa shape index (κ3) is 14.0. The molecule has 0 amide bonds. The van der Waals surface area contributed by atoms with Crippen molar-refractivity contribution in [2.45, 2.75) is 110 Å². The number of hydrogen-bond donors (Lipinski definition) is 0. The van der Waals surface area contributed by atoms with Crippen LogP contribution in [0.4, 0.5) is 0 Å². The lowest BCUT2D eigenvalue weighted by atomic mass is 10.0. The molecule has 1 aromatic carbocycles. The fraction of sp³-hybridized carbons (Fsp3) is 0.667. The van der Waals surface area contributed by atoms with E-state index < -0.39 is 0 Å². The monoisotopic (exact) mass is 398 g/mol. The topological polar surface area (TPSA) is 26.3 Å². The van der Waals surface area contributed by atoms with Gasteiger partial charge in [0.1, 0.15) is 0 Å². The molecule has 0 saturated carbocycles. The van der Waals surface area contributed by atoms with Crippen LogP contribution in [0.3, 0.4) is 0 Å². The van der Waals surface area contributed by atoms with Gasteiger partial charge in [-0.2, -0.15) is 0 Å². The molecule has 0 aliphatic carbocycles. The van der Waals surface area contributed by atoms with Gasteiger partial charge in [-0.15, -0.1) is 6.42 Å². The van der Waals surface area contributed by atoms with E-state index in [9.17, 15) is 4.79 Å². The molecular weight excluding hydrogens is 356 g/mol. The van der Waals surface area contributed by atoms with Gasteiger partial charge < -0.3 is 4.74 Å². The molecule has 0 N–H and O–H groups in total. The average Bonchev–Trinajstić information content (AvgIpc) is 2.75. The first kappa shape index (κ1) is 25.3. The van der Waals surface area contributed by atoms with Gasteiger partial charge in [-0.25, -0.2) is 4.79 Å². The Hall–Kier alpha value is -1.75. The van der Waals surface area contributed by atoms with Crippen LogP contribution in [0.25, 0.3) is 0 Å². The molecule has 2 heteroatoms. The molecule has 0 aliphatic rings. The number of benzene rings is 1. The summed E-state index contributed by atoms with van der Waals surface area (Å²) in [4.78, 5) is 11.9. The maximum Gasteiger partial charge on any atom is 0.338 e. The van der Waals surface area contributed by atoms with Crippen LogP contribution in [0.5, 0.6) is 0 Å². The summed E-state index contributed by atoms with van der Waals surface area (Å²) in [5.74, 6) is 2.29. The van der Waals surface area contributed by atoms with E-state index in [0.29, 0.717) is 12.2 Å². The fourth-order valence-electron chi connectivity index (χ4n) is 3.60. The molecule has 0 bridgehead atoms. The van der Waals surface area contributed by atoms with E-state index in [1.165, 1.54) is 89.9 Å². The van der Waals surface area contributed by atoms with Gasteiger partial charge in [0.2, 0.25) is 0 Å². The van der Waals surface area contributed by atoms with Crippen molar-refractivity contribution in [2.75, 3.05) is 6.61 Å². The zero-order valence-corrected chi connectivity index (χ0v) is 18.7. The SMILES string of the molecule is C#Cc1ccc(C(=O)OCCCCCCCCCCCCCCCCCC)cc1. The summed E-state index contributed by atoms with van der Waals surface area (Å²) in [6.45, 7) is 2.79. The Kier molecular flexibility index (Phi) is 15.9. The molecule has 162 valence electrons. The normalized spacial score (nSPS) is 10.6. The van der Waals surface area contributed by atoms with Crippen molar-refractivity contribution in [3.8, 4) is 12.3 Å². The van der Waals surface area contributed by atoms with Crippen LogP contribution in [-0.4, -0.2) is 12.6 Å². The van der Waals surface area contributed by atoms with E-state index in [1.54, 1.807) is 24.3 Å². The Morgan fingerprint density at radius 1 is 0.724 bits per heavy atom. The molecule has 1 rings (SSSR count). The molecule has 2 nitrogen and oxygen atoms in total. The van der Waals surface area contributed by atoms with E-state index in [1.807, 2.05) is 0 Å². The highest BCUT2D eigenvalue weighted by Crippen LogP contribution is 2.14. The summed E-state index contributed by atoms with van der Waals surface area (Å²) in [5, 5.41) is 0. The van der Waals surface area contributed by atoms with Gasteiger partial charge in [-0.1, -0.05) is 109 Å². The molecular formula is C27H42O2. The number of terminal acetylenes is 1. The highest BCUT2D eigenvalue weighted by molar-refractivity contribution is 5.89. The molecule has 1 aromatic rings. The second-order valence-electron chi connectivity index (χ2n) is 8.16. The molecule has 0 heterocycles. The summed E-state index contributed by atoms with van der Waals surface area (Å²) in [7, 11) is 0. The van der Waals surface area contributed by atoms with Crippen LogP contribution in [-0.2, 0) is 4.74 Å². The molecule has 0 unspecified atom stereocenters. The zero-order valence-electron chi connectivity index (χ0n) is 18.7. The van der Waals surface area contributed by atoms with Gasteiger partial charge in [0, 0.05) is 5.56 Å². The Labute approximate surface area is 179 Å². The Morgan fingerprint density at radius 3 is 1.55 bits per heavy atom. The Bertz CT molecular complexity index is 553. The van der Waals surface area contributed by atoms with Gasteiger partial charge in [0.05, 0.1) is 12.2 Å². The second-order valence-corrected chi connectivity index (χ2v) is 8.16. The Morgan fingerprint density at radius 2 is 1.14 bits per heavy atom. The van der Waals surface area contributed by atoms with Crippen molar-refractivity contribution in [3.05, 3.63) is 35.4 Å². The lowest BCUT2D eigenvalue weighted by molar-refractivity contribution is 0.0497. The quantitative estimate of drug-likeness (QED) is 0.142. The number of esters is 1. The molecule has 0 atom stereocenters. The first-order valence-electron chi connectivity index (χ1n) is 12.0. The largest absolute Gasteiger partial charge is 0.462 e. The summed E-state index contributed by atoms with van der Waals surface area (Å²) in [6.07, 6.45) is 26.8. The number of unbranched alkanes of at least 4 members (excludes halogenated alkanes) is 15. The highest BCUT2D eigenvalue weighted by Gasteiger charge is 2.06. The predicted molar refractivity (Wildman–Crippen MR) is 124 cm³/mol. The maximum absolute atomic E-state index is 11.9. The Balaban J connectivity index is 1.82. The van der Waals surface area contributed by atoms with Crippen molar-refractivity contribution in [2.24, 2.45) is 0 Å². The smallest absolute Gasteiger partial charge is 0.338 e. The molecule has 0 spiro atoms. The van der Waals surface area contributed by atoms with E-state index >= 15 is 0 Å². The number of carbonyl (C=O) groups excluding carboxylic acids is 1. The third-order valence-electron chi connectivity index (χ3n) is 5.52. The number of rotatable bonds is 18. The van der Waals surface area contributed by atoms with E-state index in [4.69, 9.17) is 11.2 Å². The van der Waals surface area contributed by atoms with Crippen LogP contribution in [0.15, 0.2) is 24.3 Å². The standard InChI is InChI=1S/C27H42O2/c1-3-5-6-7-8-9-10-11-12-13-14-15-16-17-18-19-24-29-27(28)26-22-20-25(4-2)21-23-26/h2,20-23H,3,5-19,24H2,1H3. The molecule has 29 heavy (non-hydrogen) atoms. The van der Waals surface area contributed by atoms with Gasteiger partial charge in [-0.05, 0) is 30.7 Å². The lowest BCUT2D eigenvalue weighted by Gasteiger charge is -2.05. The summed E-state index contributed by atoms with van der Waals surface area (Å²) in [5.41, 5.74) is 1.35. The molecule has 0 aromatic heterocycles. The number of carbonyl (C=O) groups is 1. The first-order valence-corrected chi connectivity index (χ1v) is 12.0. The van der Waals surface area contributed by atoms with Crippen LogP contribution >= 0.6 is 0 Å². The first-order chi connectivity index (χ1) is 14.3. The van der Waals surface area contributed by atoms with Gasteiger partial charge >= 0.3 is 5.97 Å². The van der Waals surface area contributed by atoms with Crippen molar-refractivity contribution in [1.29, 1.82) is 0 Å². The average molecular weight is 399 g/mol. The van der Waals surface area contributed by atoms with Crippen LogP contribution < -0.4 is 0 Å². The summed E-state index contributed by atoms with van der Waals surface area (Å²) in [6, 6.07) is 6.99. The number of hydrogen-bond acceptors (Lipinski definition) is 2. The molecule has 0 aliphatic heterocycles. The number of ether oxygens (including phenoxy) is 1. The van der Waals surface area contributed by atoms with Crippen molar-refractivity contribution < 1.29 is 9.53 Å². The van der Waals surface area contributed by atoms with Crippen LogP contribution in [0, 0.1) is 12.3 Å². The van der Waals surface area contributed by atoms with Crippen LogP contribution in [0.1, 0.15) is 126 Å². The van der Waals surface area contributed by atoms with E-state index in [0.717, 1.165) is 18.4 Å². The minimum atomic E-state index is -0.255. The minimum absolute atomic E-state index is 0.255. The molecule has 0 radical (unpaired) electrons. The summed E-state index contributed by atoms with van der Waals surface area (Å²) < 4.78 is 5.33. The van der Waals surface area contributed by atoms with Gasteiger partial charge in [-0.3, -0.25) is 0 Å². The van der Waals surface area contributed by atoms with E-state index in [2.05, 4.69) is 12.8 Å². The second kappa shape index (κ2) is 18.3. The van der Waals surface area contributed by atoms with Gasteiger partial charge in [0.15, 0.2) is 0 Å². The predicted octanol–water partition coefficient (Wildman–Crippen LogP) is 8.09. The van der Waals surface area contributed by atoms with Crippen molar-refractivity contribution >= 4 is 5.97 Å². The minimum Gasteiger partial charge on any atom is -0.462 e. The van der Waals surface area contributed by atoms with Crippen LogP contribution in [0.2, 0.25) is 0 Å². The third-order valence-corrected chi connectivity index (χ3v) is 5.52. The lowest BCUT2D eigenvalue weighted by Crippen LogP contribution is -2.06. The molecule has 0 fully saturated rings. The zero-order chi connectivity index (χ0) is 21.0. The summed E-state index contributed by atoms with van der Waals surface area (Å²) >= 11 is 0. The highest BCUT2D eigenvalue weighted by atomic mass is 16.5. The van der Waals surface area contributed by atoms with E-state index in [-0.39, 0.29) is 5.97 Å². The fourth-order valence-corrected chi connectivity index (χ4v) is 3.60.